The average molecular weight is 315 g/mol. The quantitative estimate of drug-likeness (QED) is 0.794. The zero-order valence-corrected chi connectivity index (χ0v) is 14.2. The molecule has 0 N–H and O–H groups in total. The number of piperazine rings is 1. The third-order valence-corrected chi connectivity index (χ3v) is 5.17. The van der Waals surface area contributed by atoms with Crippen LogP contribution < -0.4 is 4.90 Å². The molecule has 1 unspecified atom stereocenters. The van der Waals surface area contributed by atoms with Crippen LogP contribution in [0.3, 0.4) is 0 Å². The second-order valence-corrected chi connectivity index (χ2v) is 6.53. The van der Waals surface area contributed by atoms with Crippen molar-refractivity contribution >= 4 is 17.5 Å². The lowest BCUT2D eigenvalue weighted by molar-refractivity contribution is -0.123. The van der Waals surface area contributed by atoms with E-state index in [1.807, 2.05) is 32.0 Å². The number of aryl methyl sites for hydroxylation is 2. The fraction of sp³-hybridized carbons (Fsp3) is 0.556. The Morgan fingerprint density at radius 3 is 2.35 bits per heavy atom. The SMILES string of the molecule is CCN1CCN(C2CC(=O)N(c3ccc(C)c(C)c3)C2=O)CC1. The number of rotatable bonds is 3. The molecule has 0 aliphatic carbocycles. The second kappa shape index (κ2) is 6.42. The van der Waals surface area contributed by atoms with Crippen LogP contribution in [-0.4, -0.2) is 60.4 Å². The number of benzene rings is 1. The van der Waals surface area contributed by atoms with Gasteiger partial charge in [-0.25, -0.2) is 4.90 Å². The van der Waals surface area contributed by atoms with Crippen molar-refractivity contribution in [3.8, 4) is 0 Å². The molecule has 5 heteroatoms. The van der Waals surface area contributed by atoms with Crippen molar-refractivity contribution in [1.82, 2.24) is 9.80 Å². The second-order valence-electron chi connectivity index (χ2n) is 6.53. The van der Waals surface area contributed by atoms with Gasteiger partial charge in [-0.3, -0.25) is 14.5 Å². The van der Waals surface area contributed by atoms with Crippen LogP contribution in [0.25, 0.3) is 0 Å². The Labute approximate surface area is 137 Å². The van der Waals surface area contributed by atoms with Crippen LogP contribution in [-0.2, 0) is 9.59 Å². The molecule has 1 atom stereocenters. The van der Waals surface area contributed by atoms with E-state index in [-0.39, 0.29) is 17.9 Å². The maximum Gasteiger partial charge on any atom is 0.251 e. The van der Waals surface area contributed by atoms with Crippen molar-refractivity contribution in [2.75, 3.05) is 37.6 Å². The molecule has 124 valence electrons. The van der Waals surface area contributed by atoms with E-state index in [0.29, 0.717) is 12.1 Å². The molecule has 2 saturated heterocycles. The number of carbonyl (C=O) groups is 2. The van der Waals surface area contributed by atoms with Gasteiger partial charge in [0.05, 0.1) is 18.2 Å². The van der Waals surface area contributed by atoms with E-state index in [1.165, 1.54) is 10.5 Å². The molecular formula is C18H25N3O2. The third kappa shape index (κ3) is 3.03. The van der Waals surface area contributed by atoms with Gasteiger partial charge in [0.2, 0.25) is 5.91 Å². The van der Waals surface area contributed by atoms with E-state index in [0.717, 1.165) is 38.3 Å². The summed E-state index contributed by atoms with van der Waals surface area (Å²) in [6.07, 6.45) is 0.303. The highest BCUT2D eigenvalue weighted by molar-refractivity contribution is 6.22. The summed E-state index contributed by atoms with van der Waals surface area (Å²) in [6.45, 7) is 10.9. The summed E-state index contributed by atoms with van der Waals surface area (Å²) in [7, 11) is 0. The van der Waals surface area contributed by atoms with Crippen molar-refractivity contribution < 1.29 is 9.59 Å². The number of amides is 2. The highest BCUT2D eigenvalue weighted by atomic mass is 16.2. The van der Waals surface area contributed by atoms with Gasteiger partial charge in [0.25, 0.3) is 5.91 Å². The van der Waals surface area contributed by atoms with E-state index < -0.39 is 0 Å². The number of imide groups is 1. The zero-order chi connectivity index (χ0) is 16.6. The van der Waals surface area contributed by atoms with Gasteiger partial charge in [-0.2, -0.15) is 0 Å². The van der Waals surface area contributed by atoms with Crippen molar-refractivity contribution in [1.29, 1.82) is 0 Å². The van der Waals surface area contributed by atoms with E-state index >= 15 is 0 Å². The molecule has 0 radical (unpaired) electrons. The molecule has 2 amide bonds. The normalized spacial score (nSPS) is 23.8. The molecule has 2 aliphatic rings. The van der Waals surface area contributed by atoms with Crippen LogP contribution in [0, 0.1) is 13.8 Å². The van der Waals surface area contributed by atoms with Crippen LogP contribution in [0.5, 0.6) is 0 Å². The van der Waals surface area contributed by atoms with Gasteiger partial charge in [-0.1, -0.05) is 13.0 Å². The van der Waals surface area contributed by atoms with Gasteiger partial charge in [-0.15, -0.1) is 0 Å². The zero-order valence-electron chi connectivity index (χ0n) is 14.2. The van der Waals surface area contributed by atoms with Crippen LogP contribution >= 0.6 is 0 Å². The molecule has 3 rings (SSSR count). The fourth-order valence-electron chi connectivity index (χ4n) is 3.43. The molecule has 0 bridgehead atoms. The van der Waals surface area contributed by atoms with Gasteiger partial charge in [0.1, 0.15) is 0 Å². The van der Waals surface area contributed by atoms with Gasteiger partial charge >= 0.3 is 0 Å². The van der Waals surface area contributed by atoms with Crippen LogP contribution in [0.1, 0.15) is 24.5 Å². The third-order valence-electron chi connectivity index (χ3n) is 5.17. The van der Waals surface area contributed by atoms with E-state index in [2.05, 4.69) is 16.7 Å². The highest BCUT2D eigenvalue weighted by Crippen LogP contribution is 2.27. The number of anilines is 1. The molecule has 0 aromatic heterocycles. The summed E-state index contributed by atoms with van der Waals surface area (Å²) in [5, 5.41) is 0. The number of hydrogen-bond donors (Lipinski definition) is 0. The number of nitrogens with zero attached hydrogens (tertiary/aromatic N) is 3. The number of hydrogen-bond acceptors (Lipinski definition) is 4. The van der Waals surface area contributed by atoms with Crippen molar-refractivity contribution in [3.63, 3.8) is 0 Å². The van der Waals surface area contributed by atoms with Crippen LogP contribution in [0.4, 0.5) is 5.69 Å². The standard InChI is InChI=1S/C18H25N3O2/c1-4-19-7-9-20(10-8-19)16-12-17(22)21(18(16)23)15-6-5-13(2)14(3)11-15/h5-6,11,16H,4,7-10,12H2,1-3H3. The van der Waals surface area contributed by atoms with E-state index in [9.17, 15) is 9.59 Å². The van der Waals surface area contributed by atoms with Crippen molar-refractivity contribution in [3.05, 3.63) is 29.3 Å². The first-order valence-corrected chi connectivity index (χ1v) is 8.41. The molecule has 1 aromatic rings. The molecule has 2 fully saturated rings. The lowest BCUT2D eigenvalue weighted by Crippen LogP contribution is -2.52. The van der Waals surface area contributed by atoms with Crippen molar-refractivity contribution in [2.45, 2.75) is 33.2 Å². The molecule has 23 heavy (non-hydrogen) atoms. The predicted octanol–water partition coefficient (Wildman–Crippen LogP) is 1.57. The first kappa shape index (κ1) is 16.1. The Bertz CT molecular complexity index is 621. The van der Waals surface area contributed by atoms with Gasteiger partial charge in [-0.05, 0) is 43.7 Å². The van der Waals surface area contributed by atoms with E-state index in [1.54, 1.807) is 0 Å². The smallest absolute Gasteiger partial charge is 0.251 e. The summed E-state index contributed by atoms with van der Waals surface area (Å²) in [5.41, 5.74) is 2.97. The number of likely N-dealkylation sites (N-methyl/N-ethyl adjacent to an activating group) is 1. The maximum absolute atomic E-state index is 12.8. The van der Waals surface area contributed by atoms with Crippen LogP contribution in [0.2, 0.25) is 0 Å². The summed E-state index contributed by atoms with van der Waals surface area (Å²) in [5.74, 6) is -0.149. The molecule has 1 aromatic carbocycles. The topological polar surface area (TPSA) is 43.9 Å². The highest BCUT2D eigenvalue weighted by Gasteiger charge is 2.43. The van der Waals surface area contributed by atoms with Gasteiger partial charge in [0, 0.05) is 26.2 Å². The Balaban J connectivity index is 1.76. The molecule has 5 nitrogen and oxygen atoms in total. The summed E-state index contributed by atoms with van der Waals surface area (Å²) >= 11 is 0. The molecule has 0 saturated carbocycles. The van der Waals surface area contributed by atoms with Crippen molar-refractivity contribution in [2.24, 2.45) is 0 Å². The first-order chi connectivity index (χ1) is 11.0. The summed E-state index contributed by atoms with van der Waals surface area (Å²) in [6, 6.07) is 5.49. The Morgan fingerprint density at radius 2 is 1.74 bits per heavy atom. The summed E-state index contributed by atoms with van der Waals surface area (Å²) < 4.78 is 0. The van der Waals surface area contributed by atoms with Crippen LogP contribution in [0.15, 0.2) is 18.2 Å². The minimum atomic E-state index is -0.289. The minimum absolute atomic E-state index is 0.0665. The Kier molecular flexibility index (Phi) is 4.50. The predicted molar refractivity (Wildman–Crippen MR) is 90.5 cm³/mol. The number of carbonyl (C=O) groups excluding carboxylic acids is 2. The monoisotopic (exact) mass is 315 g/mol. The Hall–Kier alpha value is -1.72. The largest absolute Gasteiger partial charge is 0.301 e. The molecule has 2 heterocycles. The molecular weight excluding hydrogens is 290 g/mol. The fourth-order valence-corrected chi connectivity index (χ4v) is 3.43. The molecule has 0 spiro atoms. The average Bonchev–Trinajstić information content (AvgIpc) is 2.85. The Morgan fingerprint density at radius 1 is 1.04 bits per heavy atom. The maximum atomic E-state index is 12.8. The minimum Gasteiger partial charge on any atom is -0.301 e. The lowest BCUT2D eigenvalue weighted by Gasteiger charge is -2.36. The van der Waals surface area contributed by atoms with Gasteiger partial charge in [0.15, 0.2) is 0 Å². The van der Waals surface area contributed by atoms with Gasteiger partial charge < -0.3 is 4.90 Å². The van der Waals surface area contributed by atoms with E-state index in [4.69, 9.17) is 0 Å². The molecule has 2 aliphatic heterocycles. The summed E-state index contributed by atoms with van der Waals surface area (Å²) in [4.78, 5) is 31.2. The first-order valence-electron chi connectivity index (χ1n) is 8.41. The lowest BCUT2D eigenvalue weighted by atomic mass is 10.1.